The lowest BCUT2D eigenvalue weighted by Crippen LogP contribution is -2.47. The van der Waals surface area contributed by atoms with Gasteiger partial charge in [-0.05, 0) is 19.2 Å². The second-order valence-corrected chi connectivity index (χ2v) is 6.57. The zero-order valence-electron chi connectivity index (χ0n) is 13.9. The Morgan fingerprint density at radius 3 is 2.48 bits per heavy atom. The van der Waals surface area contributed by atoms with Crippen molar-refractivity contribution in [1.82, 2.24) is 20.4 Å². The van der Waals surface area contributed by atoms with E-state index in [1.54, 1.807) is 0 Å². The number of halogens is 1. The van der Waals surface area contributed by atoms with Gasteiger partial charge in [0, 0.05) is 58.6 Å². The number of likely N-dealkylation sites (N-methyl/N-ethyl adjacent to an activating group) is 1. The Balaban J connectivity index is 0.00000400. The van der Waals surface area contributed by atoms with E-state index in [2.05, 4.69) is 45.7 Å². The van der Waals surface area contributed by atoms with Gasteiger partial charge in [-0.1, -0.05) is 6.92 Å². The van der Waals surface area contributed by atoms with Gasteiger partial charge < -0.3 is 20.4 Å². The first kappa shape index (κ1) is 21.3. The van der Waals surface area contributed by atoms with E-state index in [0.717, 1.165) is 24.8 Å². The molecule has 7 heteroatoms. The highest BCUT2D eigenvalue weighted by atomic mass is 127. The molecule has 1 atom stereocenters. The van der Waals surface area contributed by atoms with Gasteiger partial charge in [0.25, 0.3) is 0 Å². The van der Waals surface area contributed by atoms with Crippen LogP contribution in [0.3, 0.4) is 0 Å². The summed E-state index contributed by atoms with van der Waals surface area (Å²) >= 11 is 1.85. The molecule has 1 aliphatic heterocycles. The number of hydrogen-bond acceptors (Lipinski definition) is 4. The highest BCUT2D eigenvalue weighted by molar-refractivity contribution is 14.0. The van der Waals surface area contributed by atoms with Crippen LogP contribution < -0.4 is 10.6 Å². The molecule has 0 aromatic heterocycles. The topological polar surface area (TPSA) is 42.9 Å². The molecule has 0 aliphatic carbocycles. The van der Waals surface area contributed by atoms with Crippen molar-refractivity contribution in [3.63, 3.8) is 0 Å². The average molecular weight is 429 g/mol. The summed E-state index contributed by atoms with van der Waals surface area (Å²) in [6.07, 6.45) is 2.12. The summed E-state index contributed by atoms with van der Waals surface area (Å²) in [4.78, 5) is 9.22. The monoisotopic (exact) mass is 429 g/mol. The molecule has 2 N–H and O–H groups in total. The van der Waals surface area contributed by atoms with Crippen LogP contribution in [0.4, 0.5) is 0 Å². The van der Waals surface area contributed by atoms with E-state index in [-0.39, 0.29) is 24.0 Å². The van der Waals surface area contributed by atoms with Crippen LogP contribution in [0.2, 0.25) is 0 Å². The van der Waals surface area contributed by atoms with Gasteiger partial charge in [-0.3, -0.25) is 4.99 Å². The first-order valence-corrected chi connectivity index (χ1v) is 8.89. The second-order valence-electron chi connectivity index (χ2n) is 5.58. The van der Waals surface area contributed by atoms with Gasteiger partial charge in [-0.15, -0.1) is 24.0 Å². The average Bonchev–Trinajstić information content (AvgIpc) is 2.45. The van der Waals surface area contributed by atoms with Gasteiger partial charge in [0.05, 0.1) is 0 Å². The van der Waals surface area contributed by atoms with Gasteiger partial charge >= 0.3 is 0 Å². The number of hydrogen-bond donors (Lipinski definition) is 2. The molecule has 0 amide bonds. The maximum absolute atomic E-state index is 4.25. The highest BCUT2D eigenvalue weighted by Gasteiger charge is 2.16. The van der Waals surface area contributed by atoms with Crippen molar-refractivity contribution in [1.29, 1.82) is 0 Å². The van der Waals surface area contributed by atoms with Crippen molar-refractivity contribution < 1.29 is 0 Å². The molecule has 1 aliphatic rings. The molecule has 1 unspecified atom stereocenters. The standard InChI is InChI=1S/C14H31N5S.HI/c1-13(12-19-8-6-18(3)7-9-19)11-17-14(15-2)16-5-10-20-4;/h13H,5-12H2,1-4H3,(H2,15,16,17);1H. The smallest absolute Gasteiger partial charge is 0.191 e. The van der Waals surface area contributed by atoms with Gasteiger partial charge in [-0.25, -0.2) is 0 Å². The van der Waals surface area contributed by atoms with Crippen molar-refractivity contribution in [2.24, 2.45) is 10.9 Å². The third-order valence-electron chi connectivity index (χ3n) is 3.61. The number of piperazine rings is 1. The Hall–Kier alpha value is 0.270. The van der Waals surface area contributed by atoms with Crippen molar-refractivity contribution in [3.8, 4) is 0 Å². The predicted molar refractivity (Wildman–Crippen MR) is 106 cm³/mol. The molecule has 126 valence electrons. The molecule has 0 spiro atoms. The number of rotatable bonds is 7. The fraction of sp³-hybridized carbons (Fsp3) is 0.929. The molecule has 1 rings (SSSR count). The van der Waals surface area contributed by atoms with Gasteiger partial charge in [0.1, 0.15) is 0 Å². The summed E-state index contributed by atoms with van der Waals surface area (Å²) in [7, 11) is 4.03. The first-order chi connectivity index (χ1) is 9.65. The number of aliphatic imine (C=N–C) groups is 1. The summed E-state index contributed by atoms with van der Waals surface area (Å²) in [6.45, 7) is 10.2. The Bertz CT molecular complexity index is 283. The van der Waals surface area contributed by atoms with Crippen LogP contribution in [0.1, 0.15) is 6.92 Å². The minimum Gasteiger partial charge on any atom is -0.356 e. The third-order valence-corrected chi connectivity index (χ3v) is 4.22. The molecule has 0 aromatic carbocycles. The van der Waals surface area contributed by atoms with Gasteiger partial charge in [0.15, 0.2) is 5.96 Å². The molecule has 21 heavy (non-hydrogen) atoms. The van der Waals surface area contributed by atoms with Crippen LogP contribution in [0.15, 0.2) is 4.99 Å². The maximum atomic E-state index is 4.25. The van der Waals surface area contributed by atoms with Crippen LogP contribution in [0.25, 0.3) is 0 Å². The van der Waals surface area contributed by atoms with E-state index < -0.39 is 0 Å². The molecule has 0 radical (unpaired) electrons. The SMILES string of the molecule is CN=C(NCCSC)NCC(C)CN1CCN(C)CC1.I. The molecule has 0 bridgehead atoms. The van der Waals surface area contributed by atoms with Crippen LogP contribution in [-0.4, -0.2) is 87.7 Å². The molecule has 0 aromatic rings. The van der Waals surface area contributed by atoms with Gasteiger partial charge in [0.2, 0.25) is 0 Å². The van der Waals surface area contributed by atoms with Crippen molar-refractivity contribution in [2.75, 3.05) is 71.9 Å². The minimum atomic E-state index is 0. The molecule has 1 fully saturated rings. The zero-order chi connectivity index (χ0) is 14.8. The predicted octanol–water partition coefficient (Wildman–Crippen LogP) is 1.02. The Morgan fingerprint density at radius 2 is 1.90 bits per heavy atom. The van der Waals surface area contributed by atoms with Crippen molar-refractivity contribution in [2.45, 2.75) is 6.92 Å². The molecule has 0 saturated carbocycles. The molecule has 1 heterocycles. The quantitative estimate of drug-likeness (QED) is 0.274. The normalized spacial score (nSPS) is 19.0. The second kappa shape index (κ2) is 12.8. The number of nitrogens with zero attached hydrogens (tertiary/aromatic N) is 3. The summed E-state index contributed by atoms with van der Waals surface area (Å²) in [5.74, 6) is 2.67. The summed E-state index contributed by atoms with van der Waals surface area (Å²) in [5.41, 5.74) is 0. The van der Waals surface area contributed by atoms with Crippen LogP contribution >= 0.6 is 35.7 Å². The van der Waals surface area contributed by atoms with E-state index in [9.17, 15) is 0 Å². The first-order valence-electron chi connectivity index (χ1n) is 7.50. The number of thioether (sulfide) groups is 1. The molecular formula is C14H32IN5S. The minimum absolute atomic E-state index is 0. The Morgan fingerprint density at radius 1 is 1.24 bits per heavy atom. The van der Waals surface area contributed by atoms with Crippen LogP contribution in [0.5, 0.6) is 0 Å². The lowest BCUT2D eigenvalue weighted by atomic mass is 10.1. The molecular weight excluding hydrogens is 397 g/mol. The maximum Gasteiger partial charge on any atom is 0.191 e. The number of guanidine groups is 1. The number of nitrogens with one attached hydrogen (secondary N) is 2. The van der Waals surface area contributed by atoms with E-state index in [0.29, 0.717) is 5.92 Å². The molecule has 5 nitrogen and oxygen atoms in total. The fourth-order valence-corrected chi connectivity index (χ4v) is 2.60. The summed E-state index contributed by atoms with van der Waals surface area (Å²) in [5, 5.41) is 6.75. The van der Waals surface area contributed by atoms with Crippen LogP contribution in [-0.2, 0) is 0 Å². The van der Waals surface area contributed by atoms with E-state index in [1.165, 1.54) is 32.7 Å². The van der Waals surface area contributed by atoms with E-state index in [1.807, 2.05) is 18.8 Å². The van der Waals surface area contributed by atoms with Crippen LogP contribution in [0, 0.1) is 5.92 Å². The third kappa shape index (κ3) is 9.80. The summed E-state index contributed by atoms with van der Waals surface area (Å²) < 4.78 is 0. The Kier molecular flexibility index (Phi) is 12.9. The van der Waals surface area contributed by atoms with Crippen molar-refractivity contribution >= 4 is 41.7 Å². The van der Waals surface area contributed by atoms with E-state index in [4.69, 9.17) is 0 Å². The Labute approximate surface area is 151 Å². The lowest BCUT2D eigenvalue weighted by molar-refractivity contribution is 0.139. The zero-order valence-corrected chi connectivity index (χ0v) is 17.0. The lowest BCUT2D eigenvalue weighted by Gasteiger charge is -2.34. The van der Waals surface area contributed by atoms with Crippen molar-refractivity contribution in [3.05, 3.63) is 0 Å². The molecule has 1 saturated heterocycles. The fourth-order valence-electron chi connectivity index (χ4n) is 2.30. The van der Waals surface area contributed by atoms with Gasteiger partial charge in [-0.2, -0.15) is 11.8 Å². The van der Waals surface area contributed by atoms with E-state index >= 15 is 0 Å². The summed E-state index contributed by atoms with van der Waals surface area (Å²) in [6, 6.07) is 0. The highest BCUT2D eigenvalue weighted by Crippen LogP contribution is 2.03. The largest absolute Gasteiger partial charge is 0.356 e.